The SMILES string of the molecule is CC1CN=C(NCC(c2ccccc2Cl)N(C)C)N1. The fourth-order valence-electron chi connectivity index (χ4n) is 2.17. The molecule has 5 heteroatoms. The zero-order valence-electron chi connectivity index (χ0n) is 11.7. The summed E-state index contributed by atoms with van der Waals surface area (Å²) in [6.45, 7) is 3.73. The van der Waals surface area contributed by atoms with Crippen LogP contribution in [0.15, 0.2) is 29.3 Å². The number of likely N-dealkylation sites (N-methyl/N-ethyl adjacent to an activating group) is 1. The van der Waals surface area contributed by atoms with E-state index in [2.05, 4.69) is 47.6 Å². The van der Waals surface area contributed by atoms with Crippen molar-refractivity contribution in [3.8, 4) is 0 Å². The fourth-order valence-corrected chi connectivity index (χ4v) is 2.43. The average Bonchev–Trinajstić information content (AvgIpc) is 2.77. The summed E-state index contributed by atoms with van der Waals surface area (Å²) in [5, 5.41) is 7.46. The highest BCUT2D eigenvalue weighted by Crippen LogP contribution is 2.25. The predicted octanol–water partition coefficient (Wildman–Crippen LogP) is 1.88. The quantitative estimate of drug-likeness (QED) is 0.885. The molecule has 0 saturated heterocycles. The molecule has 2 atom stereocenters. The third-order valence-corrected chi connectivity index (χ3v) is 3.60. The lowest BCUT2D eigenvalue weighted by Gasteiger charge is -2.26. The van der Waals surface area contributed by atoms with Crippen LogP contribution >= 0.6 is 11.6 Å². The third kappa shape index (κ3) is 3.61. The van der Waals surface area contributed by atoms with Crippen molar-refractivity contribution in [3.63, 3.8) is 0 Å². The van der Waals surface area contributed by atoms with Crippen molar-refractivity contribution in [3.05, 3.63) is 34.9 Å². The fraction of sp³-hybridized carbons (Fsp3) is 0.500. The Morgan fingerprint density at radius 2 is 2.21 bits per heavy atom. The Balaban J connectivity index is 2.03. The summed E-state index contributed by atoms with van der Waals surface area (Å²) in [5.41, 5.74) is 1.13. The molecule has 0 saturated carbocycles. The largest absolute Gasteiger partial charge is 0.354 e. The second-order valence-electron chi connectivity index (χ2n) is 5.12. The van der Waals surface area contributed by atoms with Gasteiger partial charge in [-0.15, -0.1) is 0 Å². The van der Waals surface area contributed by atoms with E-state index in [1.807, 2.05) is 18.2 Å². The van der Waals surface area contributed by atoms with Gasteiger partial charge in [-0.05, 0) is 32.6 Å². The van der Waals surface area contributed by atoms with Crippen LogP contribution in [0.3, 0.4) is 0 Å². The van der Waals surface area contributed by atoms with Crippen LogP contribution in [-0.2, 0) is 0 Å². The monoisotopic (exact) mass is 280 g/mol. The first-order valence-electron chi connectivity index (χ1n) is 6.53. The van der Waals surface area contributed by atoms with Gasteiger partial charge in [0.25, 0.3) is 0 Å². The van der Waals surface area contributed by atoms with Gasteiger partial charge in [0.15, 0.2) is 5.96 Å². The molecular formula is C14H21ClN4. The first kappa shape index (κ1) is 14.2. The van der Waals surface area contributed by atoms with Crippen LogP contribution in [0.1, 0.15) is 18.5 Å². The molecule has 0 spiro atoms. The van der Waals surface area contributed by atoms with E-state index in [0.717, 1.165) is 29.6 Å². The minimum Gasteiger partial charge on any atom is -0.354 e. The van der Waals surface area contributed by atoms with Gasteiger partial charge < -0.3 is 15.5 Å². The zero-order chi connectivity index (χ0) is 13.8. The molecule has 2 N–H and O–H groups in total. The molecule has 0 aliphatic carbocycles. The summed E-state index contributed by atoms with van der Waals surface area (Å²) in [7, 11) is 4.12. The lowest BCUT2D eigenvalue weighted by molar-refractivity contribution is 0.298. The molecule has 0 bridgehead atoms. The number of nitrogens with one attached hydrogen (secondary N) is 2. The summed E-state index contributed by atoms with van der Waals surface area (Å²) >= 11 is 6.28. The van der Waals surface area contributed by atoms with E-state index in [1.165, 1.54) is 0 Å². The molecule has 0 fully saturated rings. The summed E-state index contributed by atoms with van der Waals surface area (Å²) < 4.78 is 0. The van der Waals surface area contributed by atoms with E-state index in [-0.39, 0.29) is 6.04 Å². The highest BCUT2D eigenvalue weighted by Gasteiger charge is 2.19. The van der Waals surface area contributed by atoms with E-state index in [9.17, 15) is 0 Å². The Morgan fingerprint density at radius 1 is 1.47 bits per heavy atom. The Morgan fingerprint density at radius 3 is 2.79 bits per heavy atom. The van der Waals surface area contributed by atoms with Crippen LogP contribution in [0.4, 0.5) is 0 Å². The topological polar surface area (TPSA) is 39.7 Å². The van der Waals surface area contributed by atoms with Gasteiger partial charge in [0.1, 0.15) is 0 Å². The van der Waals surface area contributed by atoms with Crippen LogP contribution in [0, 0.1) is 0 Å². The van der Waals surface area contributed by atoms with Crippen LogP contribution in [0.5, 0.6) is 0 Å². The van der Waals surface area contributed by atoms with Gasteiger partial charge in [-0.1, -0.05) is 29.8 Å². The molecule has 0 aromatic heterocycles. The van der Waals surface area contributed by atoms with Gasteiger partial charge in [-0.3, -0.25) is 4.99 Å². The predicted molar refractivity (Wildman–Crippen MR) is 80.8 cm³/mol. The normalized spacial score (nSPS) is 20.1. The van der Waals surface area contributed by atoms with Crippen molar-refractivity contribution in [1.82, 2.24) is 15.5 Å². The first-order valence-corrected chi connectivity index (χ1v) is 6.91. The van der Waals surface area contributed by atoms with Gasteiger partial charge in [-0.2, -0.15) is 0 Å². The highest BCUT2D eigenvalue weighted by molar-refractivity contribution is 6.31. The van der Waals surface area contributed by atoms with E-state index < -0.39 is 0 Å². The van der Waals surface area contributed by atoms with Gasteiger partial charge >= 0.3 is 0 Å². The van der Waals surface area contributed by atoms with Crippen LogP contribution in [-0.4, -0.2) is 44.1 Å². The number of halogens is 1. The minimum absolute atomic E-state index is 0.217. The number of rotatable bonds is 4. The average molecular weight is 281 g/mol. The molecule has 0 radical (unpaired) electrons. The Bertz CT molecular complexity index is 459. The maximum Gasteiger partial charge on any atom is 0.191 e. The first-order chi connectivity index (χ1) is 9.08. The molecule has 1 aromatic carbocycles. The van der Waals surface area contributed by atoms with E-state index in [4.69, 9.17) is 11.6 Å². The number of benzene rings is 1. The standard InChI is InChI=1S/C14H21ClN4/c1-10-8-16-14(18-10)17-9-13(19(2)3)11-6-4-5-7-12(11)15/h4-7,10,13H,8-9H2,1-3H3,(H2,16,17,18). The van der Waals surface area contributed by atoms with Crippen molar-refractivity contribution in [2.45, 2.75) is 19.0 Å². The summed E-state index contributed by atoms with van der Waals surface area (Å²) in [5.74, 6) is 0.881. The van der Waals surface area contributed by atoms with Gasteiger partial charge in [0.05, 0.1) is 12.6 Å². The Hall–Kier alpha value is -1.26. The smallest absolute Gasteiger partial charge is 0.191 e. The van der Waals surface area contributed by atoms with E-state index in [1.54, 1.807) is 0 Å². The molecule has 1 aliphatic heterocycles. The molecule has 0 amide bonds. The molecule has 1 heterocycles. The van der Waals surface area contributed by atoms with Crippen molar-refractivity contribution >= 4 is 17.6 Å². The number of guanidine groups is 1. The number of hydrogen-bond acceptors (Lipinski definition) is 4. The van der Waals surface area contributed by atoms with Gasteiger partial charge in [0, 0.05) is 17.6 Å². The van der Waals surface area contributed by atoms with Crippen molar-refractivity contribution < 1.29 is 0 Å². The molecule has 4 nitrogen and oxygen atoms in total. The van der Waals surface area contributed by atoms with Crippen LogP contribution in [0.25, 0.3) is 0 Å². The lowest BCUT2D eigenvalue weighted by atomic mass is 10.1. The maximum atomic E-state index is 6.28. The van der Waals surface area contributed by atoms with Gasteiger partial charge in [-0.25, -0.2) is 0 Å². The van der Waals surface area contributed by atoms with Crippen LogP contribution in [0.2, 0.25) is 5.02 Å². The van der Waals surface area contributed by atoms with E-state index >= 15 is 0 Å². The maximum absolute atomic E-state index is 6.28. The molecule has 2 unspecified atom stereocenters. The number of aliphatic imine (C=N–C) groups is 1. The molecular weight excluding hydrogens is 260 g/mol. The van der Waals surface area contributed by atoms with E-state index in [0.29, 0.717) is 6.04 Å². The lowest BCUT2D eigenvalue weighted by Crippen LogP contribution is -2.41. The van der Waals surface area contributed by atoms with Crippen LogP contribution < -0.4 is 10.6 Å². The molecule has 1 aromatic rings. The molecule has 19 heavy (non-hydrogen) atoms. The zero-order valence-corrected chi connectivity index (χ0v) is 12.4. The molecule has 1 aliphatic rings. The minimum atomic E-state index is 0.217. The van der Waals surface area contributed by atoms with Crippen molar-refractivity contribution in [2.24, 2.45) is 4.99 Å². The van der Waals surface area contributed by atoms with Gasteiger partial charge in [0.2, 0.25) is 0 Å². The summed E-state index contributed by atoms with van der Waals surface area (Å²) in [6.07, 6.45) is 0. The second kappa shape index (κ2) is 6.26. The van der Waals surface area contributed by atoms with Crippen molar-refractivity contribution in [2.75, 3.05) is 27.2 Å². The van der Waals surface area contributed by atoms with Crippen molar-refractivity contribution in [1.29, 1.82) is 0 Å². The summed E-state index contributed by atoms with van der Waals surface area (Å²) in [6, 6.07) is 8.61. The Labute approximate surface area is 119 Å². The third-order valence-electron chi connectivity index (χ3n) is 3.26. The second-order valence-corrected chi connectivity index (χ2v) is 5.52. The highest BCUT2D eigenvalue weighted by atomic mass is 35.5. The number of hydrogen-bond donors (Lipinski definition) is 2. The molecule has 2 rings (SSSR count). The number of nitrogens with zero attached hydrogens (tertiary/aromatic N) is 2. The molecule has 104 valence electrons. The summed E-state index contributed by atoms with van der Waals surface area (Å²) in [4.78, 5) is 6.57. The Kier molecular flexibility index (Phi) is 4.66.